The molecule has 0 rings (SSSR count). The van der Waals surface area contributed by atoms with Gasteiger partial charge in [-0.1, -0.05) is 12.8 Å². The second-order valence-corrected chi connectivity index (χ2v) is 3.99. The largest absolute Gasteiger partial charge is 0.582 e. The first-order chi connectivity index (χ1) is 5.27. The molecule has 0 aliphatic carbocycles. The zero-order valence-corrected chi connectivity index (χ0v) is 8.32. The van der Waals surface area contributed by atoms with Gasteiger partial charge in [-0.3, -0.25) is 0 Å². The molecule has 0 amide bonds. The van der Waals surface area contributed by atoms with Crippen molar-refractivity contribution in [3.05, 3.63) is 0 Å². The summed E-state index contributed by atoms with van der Waals surface area (Å²) in [5.74, 6) is 0. The fraction of sp³-hybridized carbons (Fsp3) is 1.00. The molecule has 0 saturated carbocycles. The Labute approximate surface area is 73.7 Å². The highest BCUT2D eigenvalue weighted by molar-refractivity contribution is 8.39. The molecule has 0 fully saturated rings. The van der Waals surface area contributed by atoms with Crippen LogP contribution in [0.2, 0.25) is 0 Å². The lowest BCUT2D eigenvalue weighted by molar-refractivity contribution is 0.325. The number of rotatable bonds is 7. The second kappa shape index (κ2) is 8.47. The number of nitrogens with two attached hydrogens (primary N) is 1. The van der Waals surface area contributed by atoms with E-state index in [2.05, 4.69) is 12.2 Å². The molecule has 0 spiro atoms. The van der Waals surface area contributed by atoms with Crippen molar-refractivity contribution in [2.24, 2.45) is 5.73 Å². The molecular weight excluding hydrogens is 181 g/mol. The van der Waals surface area contributed by atoms with E-state index in [-0.39, 0.29) is 0 Å². The topological polar surface area (TPSA) is 52.3 Å². The molecule has 1 atom stereocenters. The Morgan fingerprint density at radius 2 is 1.91 bits per heavy atom. The van der Waals surface area contributed by atoms with Crippen LogP contribution < -0.4 is 5.73 Å². The third kappa shape index (κ3) is 10.4. The zero-order chi connectivity index (χ0) is 8.53. The Balaban J connectivity index is 2.85. The van der Waals surface area contributed by atoms with Crippen molar-refractivity contribution >= 4 is 19.5 Å². The van der Waals surface area contributed by atoms with Crippen molar-refractivity contribution in [1.29, 1.82) is 0 Å². The van der Waals surface area contributed by atoms with Crippen molar-refractivity contribution in [1.82, 2.24) is 0 Å². The van der Waals surface area contributed by atoms with Crippen LogP contribution in [0.25, 0.3) is 0 Å². The first-order valence-corrected chi connectivity index (χ1v) is 6.09. The molecule has 0 bridgehead atoms. The first-order valence-electron chi connectivity index (χ1n) is 3.76. The fourth-order valence-electron chi connectivity index (χ4n) is 0.743. The monoisotopic (exact) mass is 196 g/mol. The van der Waals surface area contributed by atoms with Gasteiger partial charge in [0.15, 0.2) is 0 Å². The van der Waals surface area contributed by atoms with E-state index in [0.29, 0.717) is 6.61 Å². The summed E-state index contributed by atoms with van der Waals surface area (Å²) in [6.45, 7) is 1.30. The first kappa shape index (κ1) is 11.4. The molecule has 2 N–H and O–H groups in total. The van der Waals surface area contributed by atoms with Gasteiger partial charge in [-0.05, 0) is 24.0 Å². The molecule has 0 heterocycles. The van der Waals surface area contributed by atoms with Crippen LogP contribution in [0.4, 0.5) is 0 Å². The molecule has 0 aromatic carbocycles. The van der Waals surface area contributed by atoms with Crippen molar-refractivity contribution < 1.29 is 9.09 Å². The SMILES string of the molecule is NCCCCCCO[P+](=O)S. The third-order valence-corrected chi connectivity index (χ3v) is 2.05. The van der Waals surface area contributed by atoms with Crippen LogP contribution in [0.1, 0.15) is 25.7 Å². The van der Waals surface area contributed by atoms with Crippen LogP contribution in [0.3, 0.4) is 0 Å². The lowest BCUT2D eigenvalue weighted by atomic mass is 10.2. The van der Waals surface area contributed by atoms with Crippen LogP contribution in [0, 0.1) is 0 Å². The average molecular weight is 196 g/mol. The summed E-state index contributed by atoms with van der Waals surface area (Å²) in [6, 6.07) is 0. The molecule has 5 heteroatoms. The highest BCUT2D eigenvalue weighted by Gasteiger charge is 2.07. The smallest absolute Gasteiger partial charge is 0.330 e. The second-order valence-electron chi connectivity index (χ2n) is 2.27. The molecule has 1 unspecified atom stereocenters. The Morgan fingerprint density at radius 3 is 2.45 bits per heavy atom. The van der Waals surface area contributed by atoms with E-state index >= 15 is 0 Å². The summed E-state index contributed by atoms with van der Waals surface area (Å²) in [5, 5.41) is 0. The maximum atomic E-state index is 10.3. The van der Waals surface area contributed by atoms with E-state index in [1.807, 2.05) is 0 Å². The van der Waals surface area contributed by atoms with Gasteiger partial charge in [0, 0.05) is 0 Å². The minimum atomic E-state index is -1.71. The van der Waals surface area contributed by atoms with Gasteiger partial charge in [0.2, 0.25) is 0 Å². The number of unbranched alkanes of at least 4 members (excludes halogenated alkanes) is 3. The van der Waals surface area contributed by atoms with Gasteiger partial charge < -0.3 is 5.73 Å². The molecule has 11 heavy (non-hydrogen) atoms. The van der Waals surface area contributed by atoms with Crippen LogP contribution in [0.5, 0.6) is 0 Å². The van der Waals surface area contributed by atoms with Gasteiger partial charge in [0.1, 0.15) is 18.9 Å². The van der Waals surface area contributed by atoms with Crippen molar-refractivity contribution in [2.75, 3.05) is 13.2 Å². The van der Waals surface area contributed by atoms with Crippen molar-refractivity contribution in [3.8, 4) is 0 Å². The molecule has 0 aliphatic heterocycles. The Kier molecular flexibility index (Phi) is 8.75. The maximum absolute atomic E-state index is 10.3. The predicted molar refractivity (Wildman–Crippen MR) is 50.1 cm³/mol. The Hall–Kier alpha value is 0.370. The highest BCUT2D eigenvalue weighted by atomic mass is 32.7. The quantitative estimate of drug-likeness (QED) is 0.372. The van der Waals surface area contributed by atoms with E-state index < -0.39 is 7.23 Å². The molecule has 0 aliphatic rings. The number of thiol groups is 1. The molecule has 66 valence electrons. The Morgan fingerprint density at radius 1 is 1.27 bits per heavy atom. The third-order valence-electron chi connectivity index (χ3n) is 1.30. The van der Waals surface area contributed by atoms with Gasteiger partial charge in [0.25, 0.3) is 0 Å². The number of hydrogen-bond acceptors (Lipinski definition) is 3. The van der Waals surface area contributed by atoms with Crippen molar-refractivity contribution in [2.45, 2.75) is 25.7 Å². The van der Waals surface area contributed by atoms with E-state index in [9.17, 15) is 4.57 Å². The lowest BCUT2D eigenvalue weighted by Crippen LogP contribution is -1.98. The summed E-state index contributed by atoms with van der Waals surface area (Å²) in [6.07, 6.45) is 4.23. The average Bonchev–Trinajstić information content (AvgIpc) is 1.96. The highest BCUT2D eigenvalue weighted by Crippen LogP contribution is 2.26. The van der Waals surface area contributed by atoms with Crippen LogP contribution in [-0.2, 0) is 9.09 Å². The van der Waals surface area contributed by atoms with E-state index in [4.69, 9.17) is 10.3 Å². The van der Waals surface area contributed by atoms with Gasteiger partial charge in [-0.15, -0.1) is 4.52 Å². The van der Waals surface area contributed by atoms with Gasteiger partial charge in [-0.2, -0.15) is 0 Å². The van der Waals surface area contributed by atoms with E-state index in [1.165, 1.54) is 0 Å². The molecule has 0 aromatic heterocycles. The molecular formula is C6H15NO2PS+. The number of hydrogen-bond donors (Lipinski definition) is 2. The van der Waals surface area contributed by atoms with Gasteiger partial charge in [-0.25, -0.2) is 0 Å². The molecule has 3 nitrogen and oxygen atoms in total. The van der Waals surface area contributed by atoms with Crippen molar-refractivity contribution in [3.63, 3.8) is 0 Å². The van der Waals surface area contributed by atoms with E-state index in [1.54, 1.807) is 0 Å². The van der Waals surface area contributed by atoms with Crippen LogP contribution in [-0.4, -0.2) is 13.2 Å². The minimum Gasteiger partial charge on any atom is -0.330 e. The summed E-state index contributed by atoms with van der Waals surface area (Å²) >= 11 is 3.61. The molecule has 0 saturated heterocycles. The fourth-order valence-corrected chi connectivity index (χ4v) is 1.27. The zero-order valence-electron chi connectivity index (χ0n) is 6.53. The maximum Gasteiger partial charge on any atom is 0.582 e. The Bertz CT molecular complexity index is 113. The standard InChI is InChI=1S/C6H14NO2PS/c7-5-3-1-2-4-6-9-10(8)11/h1-7H2/p+1. The lowest BCUT2D eigenvalue weighted by Gasteiger charge is -1.94. The van der Waals surface area contributed by atoms with Gasteiger partial charge in [0.05, 0.1) is 0 Å². The summed E-state index contributed by atoms with van der Waals surface area (Å²) in [4.78, 5) is 0. The molecule has 0 radical (unpaired) electrons. The predicted octanol–water partition coefficient (Wildman–Crippen LogP) is 2.11. The summed E-state index contributed by atoms with van der Waals surface area (Å²) in [5.41, 5.74) is 5.30. The molecule has 0 aromatic rings. The van der Waals surface area contributed by atoms with Gasteiger partial charge >= 0.3 is 7.23 Å². The summed E-state index contributed by atoms with van der Waals surface area (Å²) in [7, 11) is -1.71. The van der Waals surface area contributed by atoms with Crippen LogP contribution in [0.15, 0.2) is 0 Å². The minimum absolute atomic E-state index is 0.545. The normalized spacial score (nSPS) is 11.6. The van der Waals surface area contributed by atoms with Crippen LogP contribution >= 0.6 is 19.5 Å². The summed E-state index contributed by atoms with van der Waals surface area (Å²) < 4.78 is 15.1. The van der Waals surface area contributed by atoms with E-state index in [0.717, 1.165) is 32.2 Å².